The highest BCUT2D eigenvalue weighted by Crippen LogP contribution is 2.65. The average Bonchev–Trinajstić information content (AvgIpc) is 3.64. The van der Waals surface area contributed by atoms with Crippen molar-refractivity contribution in [3.8, 4) is 0 Å². The summed E-state index contributed by atoms with van der Waals surface area (Å²) >= 11 is 3.58. The van der Waals surface area contributed by atoms with Gasteiger partial charge in [0.1, 0.15) is 18.1 Å². The number of piperidine rings is 1. The van der Waals surface area contributed by atoms with Crippen LogP contribution in [0.3, 0.4) is 0 Å². The highest BCUT2D eigenvalue weighted by Gasteiger charge is 2.70. The topological polar surface area (TPSA) is 151 Å². The molecule has 1 aromatic rings. The van der Waals surface area contributed by atoms with E-state index in [4.69, 9.17) is 5.73 Å². The van der Waals surface area contributed by atoms with Gasteiger partial charge in [0.25, 0.3) is 0 Å². The fourth-order valence-electron chi connectivity index (χ4n) is 7.14. The maximum absolute atomic E-state index is 14.2. The van der Waals surface area contributed by atoms with Gasteiger partial charge >= 0.3 is 0 Å². The molecule has 0 aromatic heterocycles. The SMILES string of the molecule is CC(C)(C)[C@H](NC(=O)[C@@H]1C[C@H]1c1ccccc1Br)C(=O)N1C[C@H]2C([C@H]1C(=O)N[C@@H](C[C@@H]1CCNC1=O)C(N)=O)C2(C)C. The highest BCUT2D eigenvalue weighted by atomic mass is 79.9. The molecule has 5 rings (SSSR count). The van der Waals surface area contributed by atoms with Crippen molar-refractivity contribution < 1.29 is 24.0 Å². The van der Waals surface area contributed by atoms with Crippen molar-refractivity contribution in [3.63, 3.8) is 0 Å². The maximum Gasteiger partial charge on any atom is 0.246 e. The first-order valence-corrected chi connectivity index (χ1v) is 15.6. The van der Waals surface area contributed by atoms with Gasteiger partial charge in [0.15, 0.2) is 0 Å². The molecule has 4 aliphatic rings. The molecule has 1 aromatic carbocycles. The third-order valence-electron chi connectivity index (χ3n) is 9.93. The van der Waals surface area contributed by atoms with Crippen molar-refractivity contribution >= 4 is 45.5 Å². The van der Waals surface area contributed by atoms with Gasteiger partial charge in [-0.25, -0.2) is 0 Å². The Morgan fingerprint density at radius 1 is 1.14 bits per heavy atom. The summed E-state index contributed by atoms with van der Waals surface area (Å²) < 4.78 is 0.962. The monoisotopic (exact) mass is 643 g/mol. The number of hydrogen-bond acceptors (Lipinski definition) is 5. The predicted molar refractivity (Wildman–Crippen MR) is 159 cm³/mol. The molecule has 5 N–H and O–H groups in total. The van der Waals surface area contributed by atoms with Crippen molar-refractivity contribution in [2.45, 2.75) is 77.9 Å². The molecule has 5 amide bonds. The molecule has 0 bridgehead atoms. The van der Waals surface area contributed by atoms with Crippen LogP contribution < -0.4 is 21.7 Å². The zero-order chi connectivity index (χ0) is 30.7. The van der Waals surface area contributed by atoms with E-state index in [9.17, 15) is 24.0 Å². The highest BCUT2D eigenvalue weighted by molar-refractivity contribution is 9.10. The van der Waals surface area contributed by atoms with Crippen molar-refractivity contribution in [1.82, 2.24) is 20.9 Å². The number of amides is 5. The lowest BCUT2D eigenvalue weighted by Crippen LogP contribution is -2.60. The summed E-state index contributed by atoms with van der Waals surface area (Å²) in [5.41, 5.74) is 5.96. The van der Waals surface area contributed by atoms with Crippen LogP contribution in [0.2, 0.25) is 0 Å². The summed E-state index contributed by atoms with van der Waals surface area (Å²) in [6.07, 6.45) is 1.40. The van der Waals surface area contributed by atoms with Gasteiger partial charge in [0.05, 0.1) is 0 Å². The van der Waals surface area contributed by atoms with Crippen LogP contribution in [0.25, 0.3) is 0 Å². The summed E-state index contributed by atoms with van der Waals surface area (Å²) in [6, 6.07) is 5.19. The number of fused-ring (bicyclic) bond motifs is 1. The maximum atomic E-state index is 14.2. The molecule has 1 unspecified atom stereocenters. The van der Waals surface area contributed by atoms with Crippen LogP contribution in [0, 0.1) is 34.5 Å². The van der Waals surface area contributed by atoms with Crippen LogP contribution in [0.1, 0.15) is 65.4 Å². The minimum Gasteiger partial charge on any atom is -0.368 e. The number of nitrogens with zero attached hydrogens (tertiary/aromatic N) is 1. The molecule has 2 heterocycles. The molecule has 11 heteroatoms. The van der Waals surface area contributed by atoms with E-state index in [-0.39, 0.29) is 53.2 Å². The van der Waals surface area contributed by atoms with Gasteiger partial charge in [-0.15, -0.1) is 0 Å². The molecule has 2 aliphatic heterocycles. The first kappa shape index (κ1) is 30.5. The Hall–Kier alpha value is -2.95. The Bertz CT molecular complexity index is 1310. The second kappa shape index (κ2) is 11.0. The minimum atomic E-state index is -1.02. The number of likely N-dealkylation sites (tertiary alicyclic amines) is 1. The predicted octanol–water partition coefficient (Wildman–Crippen LogP) is 2.06. The Labute approximate surface area is 255 Å². The van der Waals surface area contributed by atoms with E-state index in [0.717, 1.165) is 10.0 Å². The molecule has 10 nitrogen and oxygen atoms in total. The van der Waals surface area contributed by atoms with Crippen LogP contribution in [0.4, 0.5) is 0 Å². The second-order valence-electron chi connectivity index (χ2n) is 14.1. The Kier molecular flexibility index (Phi) is 7.96. The van der Waals surface area contributed by atoms with Gasteiger partial charge in [-0.05, 0) is 59.5 Å². The Balaban J connectivity index is 1.32. The first-order valence-electron chi connectivity index (χ1n) is 14.9. The summed E-state index contributed by atoms with van der Waals surface area (Å²) in [6.45, 7) is 10.8. The molecule has 2 saturated heterocycles. The quantitative estimate of drug-likeness (QED) is 0.325. The molecular formula is C31H42BrN5O5. The number of benzene rings is 1. The standard InChI is InChI=1S/C31H42BrN5O5/c1-30(2,3)24(36-27(40)18-13-17(18)16-8-6-7-9-20(16)32)29(42)37-14-19-22(31(19,4)5)23(37)28(41)35-21(25(33)38)12-15-10-11-34-26(15)39/h6-9,15,17-19,21-24H,10-14H2,1-5H3,(H2,33,38)(H,34,39)(H,35,41)(H,36,40)/t15-,17-,18+,19-,21-,22?,23-,24+/m0/s1. The van der Waals surface area contributed by atoms with Crippen molar-refractivity contribution in [2.75, 3.05) is 13.1 Å². The van der Waals surface area contributed by atoms with E-state index >= 15 is 0 Å². The van der Waals surface area contributed by atoms with Gasteiger partial charge < -0.3 is 26.6 Å². The second-order valence-corrected chi connectivity index (χ2v) is 15.0. The zero-order valence-corrected chi connectivity index (χ0v) is 26.5. The number of nitrogens with two attached hydrogens (primary N) is 1. The van der Waals surface area contributed by atoms with Gasteiger partial charge in [0, 0.05) is 29.4 Å². The third kappa shape index (κ3) is 5.68. The molecule has 0 spiro atoms. The summed E-state index contributed by atoms with van der Waals surface area (Å²) in [5, 5.41) is 8.57. The number of nitrogens with one attached hydrogen (secondary N) is 3. The number of primary amides is 1. The smallest absolute Gasteiger partial charge is 0.246 e. The zero-order valence-electron chi connectivity index (χ0n) is 24.9. The lowest BCUT2D eigenvalue weighted by atomic mass is 9.85. The van der Waals surface area contributed by atoms with Gasteiger partial charge in [-0.2, -0.15) is 0 Å². The van der Waals surface area contributed by atoms with E-state index in [2.05, 4.69) is 45.7 Å². The third-order valence-corrected chi connectivity index (χ3v) is 10.7. The number of carbonyl (C=O) groups excluding carboxylic acids is 5. The van der Waals surface area contributed by atoms with Crippen molar-refractivity contribution in [2.24, 2.45) is 40.2 Å². The van der Waals surface area contributed by atoms with Crippen LogP contribution >= 0.6 is 15.9 Å². The lowest BCUT2D eigenvalue weighted by Gasteiger charge is -2.38. The van der Waals surface area contributed by atoms with E-state index in [0.29, 0.717) is 25.9 Å². The van der Waals surface area contributed by atoms with Crippen LogP contribution in [-0.4, -0.2) is 65.7 Å². The minimum absolute atomic E-state index is 0.0793. The van der Waals surface area contributed by atoms with E-state index < -0.39 is 41.3 Å². The first-order chi connectivity index (χ1) is 19.6. The summed E-state index contributed by atoms with van der Waals surface area (Å²) in [7, 11) is 0. The number of halogens is 1. The molecule has 8 atom stereocenters. The van der Waals surface area contributed by atoms with Crippen LogP contribution in [0.5, 0.6) is 0 Å². The molecule has 228 valence electrons. The van der Waals surface area contributed by atoms with E-state index in [1.165, 1.54) is 0 Å². The fraction of sp³-hybridized carbons (Fsp3) is 0.645. The van der Waals surface area contributed by atoms with Crippen molar-refractivity contribution in [3.05, 3.63) is 34.3 Å². The largest absolute Gasteiger partial charge is 0.368 e. The number of hydrogen-bond donors (Lipinski definition) is 4. The van der Waals surface area contributed by atoms with Gasteiger partial charge in [-0.3, -0.25) is 24.0 Å². The number of carbonyl (C=O) groups is 5. The average molecular weight is 645 g/mol. The number of rotatable bonds is 9. The Morgan fingerprint density at radius 2 is 1.83 bits per heavy atom. The van der Waals surface area contributed by atoms with Crippen LogP contribution in [0.15, 0.2) is 28.7 Å². The van der Waals surface area contributed by atoms with Gasteiger partial charge in [0.2, 0.25) is 29.5 Å². The molecule has 0 radical (unpaired) electrons. The molecule has 4 fully saturated rings. The van der Waals surface area contributed by atoms with E-state index in [1.54, 1.807) is 4.90 Å². The van der Waals surface area contributed by atoms with E-state index in [1.807, 2.05) is 45.0 Å². The van der Waals surface area contributed by atoms with Gasteiger partial charge in [-0.1, -0.05) is 68.7 Å². The fourth-order valence-corrected chi connectivity index (χ4v) is 7.72. The molecular weight excluding hydrogens is 602 g/mol. The normalized spacial score (nSPS) is 30.5. The molecule has 2 aliphatic carbocycles. The van der Waals surface area contributed by atoms with Crippen LogP contribution in [-0.2, 0) is 24.0 Å². The lowest BCUT2D eigenvalue weighted by molar-refractivity contribution is -0.146. The molecule has 2 saturated carbocycles. The van der Waals surface area contributed by atoms with Crippen molar-refractivity contribution in [1.29, 1.82) is 0 Å². The summed E-state index contributed by atoms with van der Waals surface area (Å²) in [4.78, 5) is 67.4. The summed E-state index contributed by atoms with van der Waals surface area (Å²) in [5.74, 6) is -2.28. The Morgan fingerprint density at radius 3 is 2.43 bits per heavy atom. The molecule has 42 heavy (non-hydrogen) atoms.